The first-order valence-corrected chi connectivity index (χ1v) is 8.69. The highest BCUT2D eigenvalue weighted by molar-refractivity contribution is 7.18. The van der Waals surface area contributed by atoms with Gasteiger partial charge >= 0.3 is 6.03 Å². The van der Waals surface area contributed by atoms with Gasteiger partial charge in [0, 0.05) is 25.2 Å². The number of urea groups is 1. The molecule has 1 aliphatic rings. The van der Waals surface area contributed by atoms with E-state index in [4.69, 9.17) is 0 Å². The van der Waals surface area contributed by atoms with Crippen molar-refractivity contribution < 1.29 is 9.18 Å². The number of hydrogen-bond acceptors (Lipinski definition) is 5. The second-order valence-electron chi connectivity index (χ2n) is 5.95. The van der Waals surface area contributed by atoms with Crippen LogP contribution in [0.25, 0.3) is 10.6 Å². The molecule has 2 heterocycles. The van der Waals surface area contributed by atoms with Gasteiger partial charge in [0.05, 0.1) is 0 Å². The Morgan fingerprint density at radius 3 is 2.92 bits per heavy atom. The molecule has 1 aromatic carbocycles. The van der Waals surface area contributed by atoms with Gasteiger partial charge in [0.2, 0.25) is 5.13 Å². The van der Waals surface area contributed by atoms with Crippen molar-refractivity contribution in [2.75, 3.05) is 38.5 Å². The van der Waals surface area contributed by atoms with E-state index in [1.54, 1.807) is 11.0 Å². The molecule has 8 heteroatoms. The van der Waals surface area contributed by atoms with E-state index in [2.05, 4.69) is 27.5 Å². The Bertz CT molecular complexity index is 735. The molecule has 0 bridgehead atoms. The average molecular weight is 349 g/mol. The number of benzene rings is 1. The summed E-state index contributed by atoms with van der Waals surface area (Å²) >= 11 is 1.25. The number of likely N-dealkylation sites (N-methyl/N-ethyl adjacent to an activating group) is 1. The fraction of sp³-hybridized carbons (Fsp3) is 0.438. The van der Waals surface area contributed by atoms with Crippen LogP contribution in [0.3, 0.4) is 0 Å². The molecule has 6 nitrogen and oxygen atoms in total. The van der Waals surface area contributed by atoms with Crippen LogP contribution in [0.4, 0.5) is 14.3 Å². The lowest BCUT2D eigenvalue weighted by Gasteiger charge is -2.19. The van der Waals surface area contributed by atoms with Crippen LogP contribution in [0, 0.1) is 12.7 Å². The second-order valence-corrected chi connectivity index (χ2v) is 6.92. The number of halogens is 1. The maximum atomic E-state index is 13.4. The van der Waals surface area contributed by atoms with Gasteiger partial charge in [0.1, 0.15) is 10.8 Å². The molecule has 1 aromatic heterocycles. The van der Waals surface area contributed by atoms with Crippen LogP contribution < -0.4 is 5.32 Å². The van der Waals surface area contributed by atoms with Crippen molar-refractivity contribution in [2.45, 2.75) is 13.3 Å². The monoisotopic (exact) mass is 349 g/mol. The molecule has 3 rings (SSSR count). The highest BCUT2D eigenvalue weighted by Crippen LogP contribution is 2.29. The molecule has 1 saturated heterocycles. The summed E-state index contributed by atoms with van der Waals surface area (Å²) in [5.74, 6) is -0.315. The number of hydrogen-bond donors (Lipinski definition) is 1. The Labute approximate surface area is 144 Å². The third-order valence-electron chi connectivity index (χ3n) is 4.08. The van der Waals surface area contributed by atoms with E-state index in [1.807, 2.05) is 6.92 Å². The molecule has 0 spiro atoms. The van der Waals surface area contributed by atoms with Gasteiger partial charge in [-0.25, -0.2) is 9.18 Å². The summed E-state index contributed by atoms with van der Waals surface area (Å²) in [7, 11) is 2.06. The zero-order valence-corrected chi connectivity index (χ0v) is 14.6. The van der Waals surface area contributed by atoms with Crippen molar-refractivity contribution in [3.8, 4) is 10.6 Å². The van der Waals surface area contributed by atoms with E-state index in [0.717, 1.165) is 31.6 Å². The summed E-state index contributed by atoms with van der Waals surface area (Å²) in [5.41, 5.74) is 1.62. The Kier molecular flexibility index (Phi) is 5.06. The minimum Gasteiger partial charge on any atom is -0.323 e. The summed E-state index contributed by atoms with van der Waals surface area (Å²) in [6, 6.07) is 4.40. The molecule has 1 fully saturated rings. The van der Waals surface area contributed by atoms with Crippen molar-refractivity contribution >= 4 is 22.5 Å². The number of nitrogens with zero attached hydrogens (tertiary/aromatic N) is 4. The fourth-order valence-electron chi connectivity index (χ4n) is 2.63. The Morgan fingerprint density at radius 1 is 1.25 bits per heavy atom. The van der Waals surface area contributed by atoms with Gasteiger partial charge in [-0.15, -0.1) is 10.2 Å². The van der Waals surface area contributed by atoms with E-state index < -0.39 is 0 Å². The minimum absolute atomic E-state index is 0.163. The van der Waals surface area contributed by atoms with E-state index >= 15 is 0 Å². The lowest BCUT2D eigenvalue weighted by Crippen LogP contribution is -2.37. The van der Waals surface area contributed by atoms with E-state index in [-0.39, 0.29) is 11.8 Å². The van der Waals surface area contributed by atoms with E-state index in [1.165, 1.54) is 23.5 Å². The summed E-state index contributed by atoms with van der Waals surface area (Å²) in [6.45, 7) is 5.16. The van der Waals surface area contributed by atoms with Crippen LogP contribution in [0.1, 0.15) is 12.0 Å². The molecule has 1 N–H and O–H groups in total. The number of carbonyl (C=O) groups is 1. The molecule has 0 saturated carbocycles. The van der Waals surface area contributed by atoms with Crippen LogP contribution in [0.2, 0.25) is 0 Å². The lowest BCUT2D eigenvalue weighted by atomic mass is 10.1. The summed E-state index contributed by atoms with van der Waals surface area (Å²) in [4.78, 5) is 16.4. The number of rotatable bonds is 2. The Morgan fingerprint density at radius 2 is 2.08 bits per heavy atom. The first kappa shape index (κ1) is 16.8. The molecular weight excluding hydrogens is 329 g/mol. The topological polar surface area (TPSA) is 61.4 Å². The van der Waals surface area contributed by atoms with E-state index in [0.29, 0.717) is 22.2 Å². The highest BCUT2D eigenvalue weighted by Gasteiger charge is 2.19. The van der Waals surface area contributed by atoms with Crippen molar-refractivity contribution in [2.24, 2.45) is 0 Å². The molecule has 0 atom stereocenters. The van der Waals surface area contributed by atoms with E-state index in [9.17, 15) is 9.18 Å². The van der Waals surface area contributed by atoms with Gasteiger partial charge in [-0.2, -0.15) is 0 Å². The molecule has 128 valence electrons. The number of amides is 2. The Hall–Kier alpha value is -2.06. The molecule has 1 aliphatic heterocycles. The largest absolute Gasteiger partial charge is 0.323 e. The number of carbonyl (C=O) groups excluding carboxylic acids is 1. The van der Waals surface area contributed by atoms with Crippen LogP contribution >= 0.6 is 11.3 Å². The predicted molar refractivity (Wildman–Crippen MR) is 92.7 cm³/mol. The fourth-order valence-corrected chi connectivity index (χ4v) is 3.44. The molecule has 2 amide bonds. The van der Waals surface area contributed by atoms with Crippen LogP contribution in [-0.2, 0) is 0 Å². The minimum atomic E-state index is -0.315. The number of aryl methyl sites for hydroxylation is 1. The SMILES string of the molecule is Cc1ccc(F)cc1-c1nnc(NC(=O)N2CCCN(C)CC2)s1. The second kappa shape index (κ2) is 7.23. The Balaban J connectivity index is 1.69. The highest BCUT2D eigenvalue weighted by atomic mass is 32.1. The quantitative estimate of drug-likeness (QED) is 0.906. The predicted octanol–water partition coefficient (Wildman–Crippen LogP) is 2.82. The molecule has 0 radical (unpaired) electrons. The molecule has 0 unspecified atom stereocenters. The average Bonchev–Trinajstić information content (AvgIpc) is 2.89. The van der Waals surface area contributed by atoms with Crippen LogP contribution in [0.5, 0.6) is 0 Å². The number of anilines is 1. The van der Waals surface area contributed by atoms with Gasteiger partial charge in [-0.05, 0) is 44.6 Å². The van der Waals surface area contributed by atoms with Crippen molar-refractivity contribution in [3.63, 3.8) is 0 Å². The summed E-state index contributed by atoms with van der Waals surface area (Å²) < 4.78 is 13.4. The van der Waals surface area contributed by atoms with Gasteiger partial charge in [-0.3, -0.25) is 5.32 Å². The smallest absolute Gasteiger partial charge is 0.323 e. The van der Waals surface area contributed by atoms with Gasteiger partial charge in [-0.1, -0.05) is 17.4 Å². The maximum absolute atomic E-state index is 13.4. The normalized spacial score (nSPS) is 16.0. The number of aromatic nitrogens is 2. The third kappa shape index (κ3) is 3.88. The van der Waals surface area contributed by atoms with Crippen molar-refractivity contribution in [1.82, 2.24) is 20.0 Å². The van der Waals surface area contributed by atoms with Crippen LogP contribution in [-0.4, -0.2) is 59.3 Å². The third-order valence-corrected chi connectivity index (χ3v) is 4.95. The van der Waals surface area contributed by atoms with Crippen LogP contribution in [0.15, 0.2) is 18.2 Å². The zero-order valence-electron chi connectivity index (χ0n) is 13.8. The summed E-state index contributed by atoms with van der Waals surface area (Å²) in [6.07, 6.45) is 0.952. The van der Waals surface area contributed by atoms with Gasteiger partial charge in [0.15, 0.2) is 0 Å². The standard InChI is InChI=1S/C16H20FN5OS/c1-11-4-5-12(17)10-13(11)14-19-20-15(24-14)18-16(23)22-7-3-6-21(2)8-9-22/h4-5,10H,3,6-9H2,1-2H3,(H,18,20,23). The maximum Gasteiger partial charge on any atom is 0.323 e. The van der Waals surface area contributed by atoms with Gasteiger partial charge in [0.25, 0.3) is 0 Å². The van der Waals surface area contributed by atoms with Crippen molar-refractivity contribution in [1.29, 1.82) is 0 Å². The molecular formula is C16H20FN5OS. The van der Waals surface area contributed by atoms with Crippen molar-refractivity contribution in [3.05, 3.63) is 29.6 Å². The molecule has 2 aromatic rings. The number of nitrogens with one attached hydrogen (secondary N) is 1. The lowest BCUT2D eigenvalue weighted by molar-refractivity contribution is 0.213. The first-order valence-electron chi connectivity index (χ1n) is 7.87. The summed E-state index contributed by atoms with van der Waals surface area (Å²) in [5, 5.41) is 11.9. The molecule has 24 heavy (non-hydrogen) atoms. The molecule has 0 aliphatic carbocycles. The first-order chi connectivity index (χ1) is 11.5. The zero-order chi connectivity index (χ0) is 17.1. The van der Waals surface area contributed by atoms with Gasteiger partial charge < -0.3 is 9.80 Å².